The normalized spacial score (nSPS) is 24.3. The van der Waals surface area contributed by atoms with Crippen molar-refractivity contribution in [2.24, 2.45) is 5.92 Å². The maximum absolute atomic E-state index is 2.31. The molecule has 0 N–H and O–H groups in total. The van der Waals surface area contributed by atoms with Crippen molar-refractivity contribution in [3.63, 3.8) is 0 Å². The molecule has 0 amide bonds. The molecule has 0 aromatic carbocycles. The lowest BCUT2D eigenvalue weighted by Crippen LogP contribution is -2.08. The van der Waals surface area contributed by atoms with Crippen LogP contribution >= 0.6 is 23.5 Å². The minimum atomic E-state index is 0.884. The first-order valence-electron chi connectivity index (χ1n) is 4.00. The summed E-state index contributed by atoms with van der Waals surface area (Å²) >= 11 is 4.19. The van der Waals surface area contributed by atoms with E-state index >= 15 is 0 Å². The summed E-state index contributed by atoms with van der Waals surface area (Å²) in [5.41, 5.74) is 0. The standard InChI is InChI=1S/C6H12S2.C2H6/c1-5(2)6-3-7-4-8-6;1-2/h5-6H,3-4H2,1-2H3;1-2H3. The van der Waals surface area contributed by atoms with Crippen LogP contribution < -0.4 is 0 Å². The minimum Gasteiger partial charge on any atom is -0.150 e. The molecule has 0 aromatic heterocycles. The van der Waals surface area contributed by atoms with Crippen molar-refractivity contribution in [3.05, 3.63) is 0 Å². The van der Waals surface area contributed by atoms with Gasteiger partial charge in [0, 0.05) is 16.1 Å². The average molecular weight is 178 g/mol. The van der Waals surface area contributed by atoms with Crippen LogP contribution in [0.4, 0.5) is 0 Å². The van der Waals surface area contributed by atoms with Crippen LogP contribution in [0, 0.1) is 5.92 Å². The third kappa shape index (κ3) is 3.77. The maximum atomic E-state index is 2.31. The Morgan fingerprint density at radius 3 is 2.10 bits per heavy atom. The highest BCUT2D eigenvalue weighted by Gasteiger charge is 2.18. The Balaban J connectivity index is 0.000000371. The summed E-state index contributed by atoms with van der Waals surface area (Å²) in [7, 11) is 0. The molecule has 1 saturated heterocycles. The van der Waals surface area contributed by atoms with Gasteiger partial charge >= 0.3 is 0 Å². The first kappa shape index (κ1) is 10.7. The minimum absolute atomic E-state index is 0.884. The number of rotatable bonds is 1. The fourth-order valence-corrected chi connectivity index (χ4v) is 3.88. The van der Waals surface area contributed by atoms with Gasteiger partial charge in [-0.3, -0.25) is 0 Å². The first-order valence-corrected chi connectivity index (χ1v) is 6.20. The van der Waals surface area contributed by atoms with E-state index in [2.05, 4.69) is 37.4 Å². The first-order chi connectivity index (χ1) is 4.80. The van der Waals surface area contributed by atoms with Gasteiger partial charge in [0.25, 0.3) is 0 Å². The monoisotopic (exact) mass is 178 g/mol. The Bertz CT molecular complexity index is 65.7. The molecular formula is C8H18S2. The number of hydrogen-bond donors (Lipinski definition) is 0. The van der Waals surface area contributed by atoms with Gasteiger partial charge < -0.3 is 0 Å². The number of hydrogen-bond acceptors (Lipinski definition) is 2. The third-order valence-electron chi connectivity index (χ3n) is 1.39. The molecule has 1 aliphatic rings. The fraction of sp³-hybridized carbons (Fsp3) is 1.00. The molecule has 0 spiro atoms. The second-order valence-electron chi connectivity index (χ2n) is 2.44. The van der Waals surface area contributed by atoms with E-state index < -0.39 is 0 Å². The van der Waals surface area contributed by atoms with Crippen molar-refractivity contribution < 1.29 is 0 Å². The topological polar surface area (TPSA) is 0 Å². The Morgan fingerprint density at radius 2 is 1.90 bits per heavy atom. The van der Waals surface area contributed by atoms with Crippen LogP contribution in [-0.4, -0.2) is 16.1 Å². The van der Waals surface area contributed by atoms with Crippen LogP contribution in [-0.2, 0) is 0 Å². The summed E-state index contributed by atoms with van der Waals surface area (Å²) < 4.78 is 0. The Labute approximate surface area is 73.5 Å². The zero-order chi connectivity index (χ0) is 7.98. The van der Waals surface area contributed by atoms with E-state index in [9.17, 15) is 0 Å². The van der Waals surface area contributed by atoms with Gasteiger partial charge in [0.05, 0.1) is 0 Å². The zero-order valence-corrected chi connectivity index (χ0v) is 9.02. The summed E-state index contributed by atoms with van der Waals surface area (Å²) in [6.45, 7) is 8.62. The van der Waals surface area contributed by atoms with E-state index in [4.69, 9.17) is 0 Å². The SMILES string of the molecule is CC.CC(C)C1CSCS1. The summed E-state index contributed by atoms with van der Waals surface area (Å²) in [6, 6.07) is 0. The molecule has 0 radical (unpaired) electrons. The van der Waals surface area contributed by atoms with Gasteiger partial charge in [-0.2, -0.15) is 0 Å². The smallest absolute Gasteiger partial charge is 0.0395 e. The molecular weight excluding hydrogens is 160 g/mol. The van der Waals surface area contributed by atoms with Crippen molar-refractivity contribution in [3.8, 4) is 0 Å². The van der Waals surface area contributed by atoms with Crippen molar-refractivity contribution in [1.29, 1.82) is 0 Å². The molecule has 0 aliphatic carbocycles. The van der Waals surface area contributed by atoms with Crippen LogP contribution in [0.1, 0.15) is 27.7 Å². The van der Waals surface area contributed by atoms with Crippen LogP contribution in [0.5, 0.6) is 0 Å². The van der Waals surface area contributed by atoms with Crippen LogP contribution in [0.15, 0.2) is 0 Å². The Hall–Kier alpha value is 0.700. The highest BCUT2D eigenvalue weighted by molar-refractivity contribution is 8.19. The number of thioether (sulfide) groups is 2. The van der Waals surface area contributed by atoms with E-state index in [-0.39, 0.29) is 0 Å². The van der Waals surface area contributed by atoms with E-state index in [0.717, 1.165) is 11.2 Å². The molecule has 10 heavy (non-hydrogen) atoms. The van der Waals surface area contributed by atoms with Crippen molar-refractivity contribution in [2.75, 3.05) is 10.8 Å². The highest BCUT2D eigenvalue weighted by Crippen LogP contribution is 2.33. The van der Waals surface area contributed by atoms with Crippen LogP contribution in [0.2, 0.25) is 0 Å². The lowest BCUT2D eigenvalue weighted by atomic mass is 10.1. The van der Waals surface area contributed by atoms with Gasteiger partial charge in [0.1, 0.15) is 0 Å². The Morgan fingerprint density at radius 1 is 1.30 bits per heavy atom. The lowest BCUT2D eigenvalue weighted by molar-refractivity contribution is 0.652. The van der Waals surface area contributed by atoms with Crippen molar-refractivity contribution in [1.82, 2.24) is 0 Å². The predicted molar refractivity (Wildman–Crippen MR) is 54.9 cm³/mol. The molecule has 1 unspecified atom stereocenters. The maximum Gasteiger partial charge on any atom is 0.0395 e. The largest absolute Gasteiger partial charge is 0.150 e. The quantitative estimate of drug-likeness (QED) is 0.603. The van der Waals surface area contributed by atoms with Gasteiger partial charge in [-0.15, -0.1) is 23.5 Å². The summed E-state index contributed by atoms with van der Waals surface area (Å²) in [6.07, 6.45) is 0. The molecule has 0 saturated carbocycles. The molecule has 1 heterocycles. The molecule has 1 rings (SSSR count). The second-order valence-corrected chi connectivity index (χ2v) is 5.06. The van der Waals surface area contributed by atoms with E-state index in [1.165, 1.54) is 10.8 Å². The third-order valence-corrected chi connectivity index (χ3v) is 4.55. The molecule has 1 fully saturated rings. The van der Waals surface area contributed by atoms with Gasteiger partial charge in [0.2, 0.25) is 0 Å². The fourth-order valence-electron chi connectivity index (χ4n) is 0.733. The predicted octanol–water partition coefficient (Wildman–Crippen LogP) is 3.47. The molecule has 0 bridgehead atoms. The molecule has 0 nitrogen and oxygen atoms in total. The van der Waals surface area contributed by atoms with E-state index in [0.29, 0.717) is 0 Å². The summed E-state index contributed by atoms with van der Waals surface area (Å²) in [4.78, 5) is 0. The van der Waals surface area contributed by atoms with E-state index in [1.807, 2.05) is 13.8 Å². The van der Waals surface area contributed by atoms with E-state index in [1.54, 1.807) is 0 Å². The van der Waals surface area contributed by atoms with Crippen molar-refractivity contribution >= 4 is 23.5 Å². The van der Waals surface area contributed by atoms with Gasteiger partial charge in [-0.05, 0) is 5.92 Å². The second kappa shape index (κ2) is 6.41. The molecule has 62 valence electrons. The van der Waals surface area contributed by atoms with Gasteiger partial charge in [0.15, 0.2) is 0 Å². The molecule has 0 aromatic rings. The lowest BCUT2D eigenvalue weighted by Gasteiger charge is -2.09. The highest BCUT2D eigenvalue weighted by atomic mass is 32.2. The van der Waals surface area contributed by atoms with Crippen LogP contribution in [0.25, 0.3) is 0 Å². The molecule has 1 aliphatic heterocycles. The summed E-state index contributed by atoms with van der Waals surface area (Å²) in [5.74, 6) is 2.26. The van der Waals surface area contributed by atoms with Crippen LogP contribution in [0.3, 0.4) is 0 Å². The summed E-state index contributed by atoms with van der Waals surface area (Å²) in [5, 5.41) is 2.27. The van der Waals surface area contributed by atoms with Crippen molar-refractivity contribution in [2.45, 2.75) is 32.9 Å². The average Bonchev–Trinajstić information content (AvgIpc) is 2.42. The molecule has 2 heteroatoms. The van der Waals surface area contributed by atoms with Gasteiger partial charge in [-0.25, -0.2) is 0 Å². The Kier molecular flexibility index (Phi) is 6.86. The van der Waals surface area contributed by atoms with Gasteiger partial charge in [-0.1, -0.05) is 27.7 Å². The molecule has 1 atom stereocenters. The zero-order valence-electron chi connectivity index (χ0n) is 7.39.